The molecular formula is C11H14FNO3S. The van der Waals surface area contributed by atoms with E-state index in [-0.39, 0.29) is 16.6 Å². The number of hydrogen-bond donors (Lipinski definition) is 1. The minimum absolute atomic E-state index is 0.0410. The Labute approximate surface area is 99.7 Å². The van der Waals surface area contributed by atoms with E-state index in [0.29, 0.717) is 13.2 Å². The first-order chi connectivity index (χ1) is 7.97. The molecule has 0 aromatic heterocycles. The molecule has 2 rings (SSSR count). The SMILES string of the molecule is CS(=O)(=O)c1ccc(F)c(NC2CCOC2)c1. The molecule has 17 heavy (non-hydrogen) atoms. The topological polar surface area (TPSA) is 55.4 Å². The van der Waals surface area contributed by atoms with E-state index in [4.69, 9.17) is 4.74 Å². The minimum atomic E-state index is -3.31. The van der Waals surface area contributed by atoms with Crippen molar-refractivity contribution in [2.75, 3.05) is 24.8 Å². The second-order valence-electron chi connectivity index (χ2n) is 4.12. The number of sulfone groups is 1. The third-order valence-corrected chi connectivity index (χ3v) is 3.77. The van der Waals surface area contributed by atoms with Crippen molar-refractivity contribution in [1.82, 2.24) is 0 Å². The Bertz CT molecular complexity index is 509. The maximum atomic E-state index is 13.5. The molecule has 6 heteroatoms. The van der Waals surface area contributed by atoms with E-state index < -0.39 is 15.7 Å². The van der Waals surface area contributed by atoms with Crippen LogP contribution in [-0.4, -0.2) is 33.9 Å². The van der Waals surface area contributed by atoms with Gasteiger partial charge in [-0.25, -0.2) is 12.8 Å². The van der Waals surface area contributed by atoms with Gasteiger partial charge >= 0.3 is 0 Å². The number of benzene rings is 1. The van der Waals surface area contributed by atoms with Gasteiger partial charge in [-0.05, 0) is 24.6 Å². The summed E-state index contributed by atoms with van der Waals surface area (Å²) in [5.41, 5.74) is 0.212. The van der Waals surface area contributed by atoms with Gasteiger partial charge in [0.1, 0.15) is 5.82 Å². The first-order valence-electron chi connectivity index (χ1n) is 5.31. The van der Waals surface area contributed by atoms with E-state index in [1.807, 2.05) is 0 Å². The van der Waals surface area contributed by atoms with Crippen LogP contribution in [-0.2, 0) is 14.6 Å². The fourth-order valence-corrected chi connectivity index (χ4v) is 2.36. The molecule has 1 unspecified atom stereocenters. The average molecular weight is 259 g/mol. The summed E-state index contributed by atoms with van der Waals surface area (Å²) in [6, 6.07) is 3.79. The maximum Gasteiger partial charge on any atom is 0.175 e. The normalized spacial score (nSPS) is 20.5. The van der Waals surface area contributed by atoms with Crippen LogP contribution < -0.4 is 5.32 Å². The van der Waals surface area contributed by atoms with Crippen molar-refractivity contribution in [3.63, 3.8) is 0 Å². The highest BCUT2D eigenvalue weighted by atomic mass is 32.2. The third kappa shape index (κ3) is 2.95. The second-order valence-corrected chi connectivity index (χ2v) is 6.13. The zero-order chi connectivity index (χ0) is 12.5. The summed E-state index contributed by atoms with van der Waals surface area (Å²) in [7, 11) is -3.31. The molecule has 1 atom stereocenters. The molecule has 0 bridgehead atoms. The first kappa shape index (κ1) is 12.3. The quantitative estimate of drug-likeness (QED) is 0.834. The first-order valence-corrected chi connectivity index (χ1v) is 7.20. The zero-order valence-corrected chi connectivity index (χ0v) is 10.3. The third-order valence-electron chi connectivity index (χ3n) is 2.66. The Morgan fingerprint density at radius 1 is 1.47 bits per heavy atom. The molecule has 1 aliphatic rings. The molecule has 0 spiro atoms. The van der Waals surface area contributed by atoms with Gasteiger partial charge in [0.25, 0.3) is 0 Å². The van der Waals surface area contributed by atoms with Gasteiger partial charge < -0.3 is 10.1 Å². The smallest absolute Gasteiger partial charge is 0.175 e. The summed E-state index contributed by atoms with van der Waals surface area (Å²) >= 11 is 0. The molecule has 0 aliphatic carbocycles. The van der Waals surface area contributed by atoms with E-state index in [1.54, 1.807) is 0 Å². The average Bonchev–Trinajstić information content (AvgIpc) is 2.72. The highest BCUT2D eigenvalue weighted by Crippen LogP contribution is 2.21. The Morgan fingerprint density at radius 3 is 2.82 bits per heavy atom. The van der Waals surface area contributed by atoms with Crippen LogP contribution in [0.15, 0.2) is 23.1 Å². The largest absolute Gasteiger partial charge is 0.379 e. The molecule has 0 radical (unpaired) electrons. The fraction of sp³-hybridized carbons (Fsp3) is 0.455. The van der Waals surface area contributed by atoms with Crippen LogP contribution >= 0.6 is 0 Å². The van der Waals surface area contributed by atoms with E-state index in [9.17, 15) is 12.8 Å². The van der Waals surface area contributed by atoms with E-state index >= 15 is 0 Å². The van der Waals surface area contributed by atoms with Gasteiger partial charge in [0.2, 0.25) is 0 Å². The summed E-state index contributed by atoms with van der Waals surface area (Å²) in [5, 5.41) is 2.96. The van der Waals surface area contributed by atoms with Crippen LogP contribution in [0.1, 0.15) is 6.42 Å². The van der Waals surface area contributed by atoms with Gasteiger partial charge in [-0.3, -0.25) is 0 Å². The van der Waals surface area contributed by atoms with Crippen molar-refractivity contribution in [2.45, 2.75) is 17.4 Å². The lowest BCUT2D eigenvalue weighted by molar-refractivity contribution is 0.195. The lowest BCUT2D eigenvalue weighted by Gasteiger charge is -2.13. The van der Waals surface area contributed by atoms with Crippen molar-refractivity contribution in [1.29, 1.82) is 0 Å². The zero-order valence-electron chi connectivity index (χ0n) is 9.44. The van der Waals surface area contributed by atoms with Crippen LogP contribution in [0.4, 0.5) is 10.1 Å². The monoisotopic (exact) mass is 259 g/mol. The van der Waals surface area contributed by atoms with Gasteiger partial charge in [0, 0.05) is 12.9 Å². The predicted molar refractivity (Wildman–Crippen MR) is 62.4 cm³/mol. The molecule has 0 saturated carbocycles. The summed E-state index contributed by atoms with van der Waals surface area (Å²) < 4.78 is 41.4. The molecule has 0 amide bonds. The van der Waals surface area contributed by atoms with Gasteiger partial charge in [-0.2, -0.15) is 0 Å². The van der Waals surface area contributed by atoms with Crippen LogP contribution in [0.5, 0.6) is 0 Å². The van der Waals surface area contributed by atoms with Gasteiger partial charge in [0.05, 0.1) is 23.2 Å². The highest BCUT2D eigenvalue weighted by Gasteiger charge is 2.18. The van der Waals surface area contributed by atoms with Gasteiger partial charge in [-0.15, -0.1) is 0 Å². The maximum absolute atomic E-state index is 13.5. The number of rotatable bonds is 3. The molecule has 1 aromatic carbocycles. The number of ether oxygens (including phenoxy) is 1. The van der Waals surface area contributed by atoms with Crippen LogP contribution in [0.2, 0.25) is 0 Å². The molecule has 1 aliphatic heterocycles. The van der Waals surface area contributed by atoms with Crippen LogP contribution in [0.25, 0.3) is 0 Å². The number of hydrogen-bond acceptors (Lipinski definition) is 4. The molecule has 1 heterocycles. The van der Waals surface area contributed by atoms with Gasteiger partial charge in [0.15, 0.2) is 9.84 Å². The standard InChI is InChI=1S/C11H14FNO3S/c1-17(14,15)9-2-3-10(12)11(6-9)13-8-4-5-16-7-8/h2-3,6,8,13H,4-5,7H2,1H3. The number of nitrogens with one attached hydrogen (secondary N) is 1. The summed E-state index contributed by atoms with van der Waals surface area (Å²) in [4.78, 5) is 0.111. The Kier molecular flexibility index (Phi) is 3.35. The number of halogens is 1. The van der Waals surface area contributed by atoms with Crippen molar-refractivity contribution in [3.8, 4) is 0 Å². The fourth-order valence-electron chi connectivity index (χ4n) is 1.71. The molecule has 94 valence electrons. The molecule has 1 fully saturated rings. The molecule has 4 nitrogen and oxygen atoms in total. The van der Waals surface area contributed by atoms with Crippen molar-refractivity contribution < 1.29 is 17.5 Å². The summed E-state index contributed by atoms with van der Waals surface area (Å²) in [6.07, 6.45) is 1.89. The van der Waals surface area contributed by atoms with Crippen molar-refractivity contribution in [2.24, 2.45) is 0 Å². The van der Waals surface area contributed by atoms with E-state index in [0.717, 1.165) is 18.7 Å². The molecular weight excluding hydrogens is 245 g/mol. The van der Waals surface area contributed by atoms with E-state index in [1.165, 1.54) is 12.1 Å². The Morgan fingerprint density at radius 2 is 2.24 bits per heavy atom. The lowest BCUT2D eigenvalue weighted by Crippen LogP contribution is -2.20. The summed E-state index contributed by atoms with van der Waals surface area (Å²) in [5.74, 6) is -0.454. The van der Waals surface area contributed by atoms with Crippen LogP contribution in [0, 0.1) is 5.82 Å². The number of anilines is 1. The Balaban J connectivity index is 2.26. The van der Waals surface area contributed by atoms with Gasteiger partial charge in [-0.1, -0.05) is 0 Å². The molecule has 1 aromatic rings. The predicted octanol–water partition coefficient (Wildman–Crippen LogP) is 1.43. The minimum Gasteiger partial charge on any atom is -0.379 e. The lowest BCUT2D eigenvalue weighted by atomic mass is 10.2. The summed E-state index contributed by atoms with van der Waals surface area (Å²) in [6.45, 7) is 1.16. The van der Waals surface area contributed by atoms with E-state index in [2.05, 4.69) is 5.32 Å². The second kappa shape index (κ2) is 4.62. The van der Waals surface area contributed by atoms with Crippen molar-refractivity contribution in [3.05, 3.63) is 24.0 Å². The molecule has 1 saturated heterocycles. The molecule has 1 N–H and O–H groups in total. The Hall–Kier alpha value is -1.14. The van der Waals surface area contributed by atoms with Crippen LogP contribution in [0.3, 0.4) is 0 Å². The highest BCUT2D eigenvalue weighted by molar-refractivity contribution is 7.90. The van der Waals surface area contributed by atoms with Crippen molar-refractivity contribution >= 4 is 15.5 Å².